The lowest BCUT2D eigenvalue weighted by atomic mass is 9.73. The molecule has 1 atom stereocenters. The van der Waals surface area contributed by atoms with Crippen molar-refractivity contribution in [1.29, 1.82) is 0 Å². The number of anilines is 1. The maximum atomic E-state index is 13.3. The fourth-order valence-corrected chi connectivity index (χ4v) is 3.85. The maximum absolute atomic E-state index is 13.3. The topological polar surface area (TPSA) is 58.6 Å². The molecule has 0 bridgehead atoms. The summed E-state index contributed by atoms with van der Waals surface area (Å²) in [7, 11) is 3.42. The number of benzene rings is 2. The molecule has 1 aliphatic heterocycles. The predicted octanol–water partition coefficient (Wildman–Crippen LogP) is 2.69. The Labute approximate surface area is 160 Å². The summed E-state index contributed by atoms with van der Waals surface area (Å²) in [6.45, 7) is 1.14. The molecule has 2 amide bonds. The largest absolute Gasteiger partial charge is 0.385 e. The van der Waals surface area contributed by atoms with E-state index in [0.717, 1.165) is 23.2 Å². The van der Waals surface area contributed by atoms with E-state index in [-0.39, 0.29) is 18.2 Å². The van der Waals surface area contributed by atoms with E-state index in [9.17, 15) is 9.59 Å². The number of nitrogens with zero attached hydrogens (tertiary/aromatic N) is 1. The second kappa shape index (κ2) is 8.35. The van der Waals surface area contributed by atoms with Gasteiger partial charge in [-0.05, 0) is 30.0 Å². The number of rotatable bonds is 8. The highest BCUT2D eigenvalue weighted by molar-refractivity contribution is 6.09. The van der Waals surface area contributed by atoms with Gasteiger partial charge in [-0.2, -0.15) is 0 Å². The van der Waals surface area contributed by atoms with Crippen molar-refractivity contribution in [1.82, 2.24) is 5.32 Å². The molecule has 1 aliphatic rings. The summed E-state index contributed by atoms with van der Waals surface area (Å²) in [5, 5.41) is 2.93. The van der Waals surface area contributed by atoms with Gasteiger partial charge in [-0.1, -0.05) is 48.5 Å². The first-order valence-corrected chi connectivity index (χ1v) is 9.26. The Morgan fingerprint density at radius 1 is 1.11 bits per heavy atom. The van der Waals surface area contributed by atoms with E-state index in [1.165, 1.54) is 0 Å². The van der Waals surface area contributed by atoms with Crippen LogP contribution in [0, 0.1) is 0 Å². The van der Waals surface area contributed by atoms with Crippen LogP contribution in [0.25, 0.3) is 0 Å². The lowest BCUT2D eigenvalue weighted by Crippen LogP contribution is -2.44. The highest BCUT2D eigenvalue weighted by atomic mass is 16.5. The number of methoxy groups -OCH3 is 1. The minimum Gasteiger partial charge on any atom is -0.385 e. The highest BCUT2D eigenvalue weighted by Gasteiger charge is 2.50. The summed E-state index contributed by atoms with van der Waals surface area (Å²) in [6, 6.07) is 17.7. The number of amides is 2. The van der Waals surface area contributed by atoms with E-state index in [1.54, 1.807) is 19.1 Å². The van der Waals surface area contributed by atoms with Crippen molar-refractivity contribution >= 4 is 17.5 Å². The molecule has 3 rings (SSSR count). The molecular weight excluding hydrogens is 340 g/mol. The molecule has 27 heavy (non-hydrogen) atoms. The second-order valence-corrected chi connectivity index (χ2v) is 7.00. The zero-order chi connectivity index (χ0) is 19.3. The second-order valence-electron chi connectivity index (χ2n) is 7.00. The first-order chi connectivity index (χ1) is 13.1. The van der Waals surface area contributed by atoms with Crippen LogP contribution < -0.4 is 10.2 Å². The minimum atomic E-state index is -0.877. The summed E-state index contributed by atoms with van der Waals surface area (Å²) in [6.07, 6.45) is 1.38. The number of carbonyl (C=O) groups excluding carboxylic acids is 2. The number of fused-ring (bicyclic) bond motifs is 1. The van der Waals surface area contributed by atoms with Crippen molar-refractivity contribution in [3.05, 3.63) is 65.7 Å². The third kappa shape index (κ3) is 3.88. The fraction of sp³-hybridized carbons (Fsp3) is 0.364. The Kier molecular flexibility index (Phi) is 5.91. The summed E-state index contributed by atoms with van der Waals surface area (Å²) in [5.41, 5.74) is 1.97. The van der Waals surface area contributed by atoms with E-state index in [0.29, 0.717) is 19.6 Å². The molecule has 0 fully saturated rings. The quantitative estimate of drug-likeness (QED) is 0.731. The molecular formula is C22H26N2O3. The standard InChI is InChI=1S/C22H26N2O3/c1-24-19-12-7-6-11-18(19)22(21(24)26,15-17-9-4-3-5-10-17)16-20(25)23-13-8-14-27-2/h3-7,9-12H,8,13-16H2,1-2H3,(H,23,25)/t22-/m1/s1. The van der Waals surface area contributed by atoms with Crippen LogP contribution in [0.1, 0.15) is 24.0 Å². The zero-order valence-corrected chi connectivity index (χ0v) is 15.9. The first-order valence-electron chi connectivity index (χ1n) is 9.26. The van der Waals surface area contributed by atoms with E-state index in [2.05, 4.69) is 5.32 Å². The molecule has 0 aromatic heterocycles. The molecule has 1 heterocycles. The van der Waals surface area contributed by atoms with Crippen LogP contribution in [0.2, 0.25) is 0 Å². The SMILES string of the molecule is COCCCNC(=O)C[C@@]1(Cc2ccccc2)C(=O)N(C)c2ccccc21. The van der Waals surface area contributed by atoms with Gasteiger partial charge in [0.25, 0.3) is 0 Å². The molecule has 0 aliphatic carbocycles. The minimum absolute atomic E-state index is 0.0282. The number of para-hydroxylation sites is 1. The van der Waals surface area contributed by atoms with Crippen molar-refractivity contribution < 1.29 is 14.3 Å². The zero-order valence-electron chi connectivity index (χ0n) is 15.9. The molecule has 0 saturated carbocycles. The van der Waals surface area contributed by atoms with Crippen LogP contribution >= 0.6 is 0 Å². The van der Waals surface area contributed by atoms with Gasteiger partial charge in [-0.15, -0.1) is 0 Å². The van der Waals surface area contributed by atoms with E-state index in [1.807, 2.05) is 54.6 Å². The fourth-order valence-electron chi connectivity index (χ4n) is 3.85. The van der Waals surface area contributed by atoms with Crippen LogP contribution in [-0.4, -0.2) is 39.1 Å². The third-order valence-corrected chi connectivity index (χ3v) is 5.15. The molecule has 5 heteroatoms. The Morgan fingerprint density at radius 3 is 2.56 bits per heavy atom. The lowest BCUT2D eigenvalue weighted by molar-refractivity contribution is -0.129. The number of hydrogen-bond donors (Lipinski definition) is 1. The van der Waals surface area contributed by atoms with Crippen LogP contribution in [0.15, 0.2) is 54.6 Å². The van der Waals surface area contributed by atoms with Gasteiger partial charge in [-0.25, -0.2) is 0 Å². The molecule has 2 aromatic rings. The molecule has 0 radical (unpaired) electrons. The van der Waals surface area contributed by atoms with Gasteiger partial charge >= 0.3 is 0 Å². The summed E-state index contributed by atoms with van der Waals surface area (Å²) in [4.78, 5) is 27.7. The smallest absolute Gasteiger partial charge is 0.238 e. The third-order valence-electron chi connectivity index (χ3n) is 5.15. The van der Waals surface area contributed by atoms with Gasteiger partial charge in [0.15, 0.2) is 0 Å². The number of likely N-dealkylation sites (N-methyl/N-ethyl adjacent to an activating group) is 1. The van der Waals surface area contributed by atoms with Crippen molar-refractivity contribution in [3.8, 4) is 0 Å². The maximum Gasteiger partial charge on any atom is 0.238 e. The summed E-state index contributed by atoms with van der Waals surface area (Å²) in [5.74, 6) is -0.139. The number of ether oxygens (including phenoxy) is 1. The van der Waals surface area contributed by atoms with Gasteiger partial charge in [0, 0.05) is 39.4 Å². The average Bonchev–Trinajstić information content (AvgIpc) is 2.89. The molecule has 0 saturated heterocycles. The highest BCUT2D eigenvalue weighted by Crippen LogP contribution is 2.45. The molecule has 1 N–H and O–H groups in total. The van der Waals surface area contributed by atoms with Crippen molar-refractivity contribution in [2.24, 2.45) is 0 Å². The first kappa shape index (κ1) is 19.1. The normalized spacial score (nSPS) is 18.4. The number of nitrogens with one attached hydrogen (secondary N) is 1. The Hall–Kier alpha value is -2.66. The van der Waals surface area contributed by atoms with Gasteiger partial charge in [0.2, 0.25) is 11.8 Å². The Morgan fingerprint density at radius 2 is 1.81 bits per heavy atom. The van der Waals surface area contributed by atoms with E-state index >= 15 is 0 Å². The molecule has 5 nitrogen and oxygen atoms in total. The van der Waals surface area contributed by atoms with Crippen LogP contribution in [0.5, 0.6) is 0 Å². The van der Waals surface area contributed by atoms with Gasteiger partial charge in [-0.3, -0.25) is 9.59 Å². The van der Waals surface area contributed by atoms with Crippen LogP contribution in [0.3, 0.4) is 0 Å². The molecule has 0 unspecified atom stereocenters. The summed E-state index contributed by atoms with van der Waals surface area (Å²) < 4.78 is 5.02. The van der Waals surface area contributed by atoms with Crippen LogP contribution in [0.4, 0.5) is 5.69 Å². The van der Waals surface area contributed by atoms with Gasteiger partial charge in [0.05, 0.1) is 5.41 Å². The number of hydrogen-bond acceptors (Lipinski definition) is 3. The monoisotopic (exact) mass is 366 g/mol. The van der Waals surface area contributed by atoms with Crippen molar-refractivity contribution in [2.45, 2.75) is 24.7 Å². The predicted molar refractivity (Wildman–Crippen MR) is 106 cm³/mol. The Balaban J connectivity index is 1.91. The van der Waals surface area contributed by atoms with Crippen molar-refractivity contribution in [2.75, 3.05) is 32.2 Å². The van der Waals surface area contributed by atoms with Gasteiger partial charge < -0.3 is 15.0 Å². The lowest BCUT2D eigenvalue weighted by Gasteiger charge is -2.28. The molecule has 142 valence electrons. The molecule has 2 aromatic carbocycles. The number of carbonyl (C=O) groups is 2. The van der Waals surface area contributed by atoms with Crippen molar-refractivity contribution in [3.63, 3.8) is 0 Å². The van der Waals surface area contributed by atoms with E-state index in [4.69, 9.17) is 4.74 Å². The van der Waals surface area contributed by atoms with E-state index < -0.39 is 5.41 Å². The Bertz CT molecular complexity index is 806. The van der Waals surface area contributed by atoms with Gasteiger partial charge in [0.1, 0.15) is 0 Å². The van der Waals surface area contributed by atoms with Crippen LogP contribution in [-0.2, 0) is 26.2 Å². The average molecular weight is 366 g/mol. The summed E-state index contributed by atoms with van der Waals surface area (Å²) >= 11 is 0. The molecule has 0 spiro atoms.